The van der Waals surface area contributed by atoms with Crippen LogP contribution in [-0.4, -0.2) is 29.3 Å². The van der Waals surface area contributed by atoms with Crippen molar-refractivity contribution in [3.05, 3.63) is 28.2 Å². The summed E-state index contributed by atoms with van der Waals surface area (Å²) >= 11 is 3.46. The fourth-order valence-electron chi connectivity index (χ4n) is 2.26. The summed E-state index contributed by atoms with van der Waals surface area (Å²) in [5, 5.41) is 12.7. The minimum Gasteiger partial charge on any atom is -0.488 e. The van der Waals surface area contributed by atoms with Gasteiger partial charge in [0.2, 0.25) is 0 Å². The standard InChI is InChI=1S/C16H22BrNO3/c1-15(2,14(19)20)16(3,4)18-9-12-8-10-7-11(17)5-6-13(10)21-12/h5-7,12,18H,8-9H2,1-4H3,(H,19,20). The summed E-state index contributed by atoms with van der Waals surface area (Å²) in [7, 11) is 0. The van der Waals surface area contributed by atoms with Crippen LogP contribution >= 0.6 is 15.9 Å². The Morgan fingerprint density at radius 1 is 1.43 bits per heavy atom. The fraction of sp³-hybridized carbons (Fsp3) is 0.562. The molecule has 0 spiro atoms. The number of nitrogens with one attached hydrogen (secondary N) is 1. The first kappa shape index (κ1) is 16.3. The maximum atomic E-state index is 11.4. The van der Waals surface area contributed by atoms with Crippen molar-refractivity contribution in [3.63, 3.8) is 0 Å². The van der Waals surface area contributed by atoms with Crippen LogP contribution in [0, 0.1) is 5.41 Å². The third-order valence-electron chi connectivity index (χ3n) is 4.63. The zero-order valence-corrected chi connectivity index (χ0v) is 14.5. The predicted octanol–water partition coefficient (Wildman–Crippen LogP) is 3.23. The molecule has 4 nitrogen and oxygen atoms in total. The van der Waals surface area contributed by atoms with Crippen LogP contribution in [0.1, 0.15) is 33.3 Å². The molecule has 1 aliphatic rings. The molecule has 1 unspecified atom stereocenters. The largest absolute Gasteiger partial charge is 0.488 e. The second kappa shape index (κ2) is 5.61. The van der Waals surface area contributed by atoms with Crippen LogP contribution in [0.3, 0.4) is 0 Å². The van der Waals surface area contributed by atoms with E-state index < -0.39 is 16.9 Å². The molecule has 0 bridgehead atoms. The molecule has 0 aliphatic carbocycles. The third kappa shape index (κ3) is 3.24. The van der Waals surface area contributed by atoms with Gasteiger partial charge in [-0.25, -0.2) is 0 Å². The molecule has 0 saturated heterocycles. The average Bonchev–Trinajstić information content (AvgIpc) is 2.78. The Kier molecular flexibility index (Phi) is 4.36. The van der Waals surface area contributed by atoms with Crippen LogP contribution in [0.4, 0.5) is 0 Å². The molecule has 0 amide bonds. The molecule has 116 valence electrons. The van der Waals surface area contributed by atoms with E-state index in [0.717, 1.165) is 16.6 Å². The highest BCUT2D eigenvalue weighted by molar-refractivity contribution is 9.10. The molecule has 1 aromatic carbocycles. The molecule has 5 heteroatoms. The fourth-order valence-corrected chi connectivity index (χ4v) is 2.67. The molecular formula is C16H22BrNO3. The molecule has 0 saturated carbocycles. The van der Waals surface area contributed by atoms with Gasteiger partial charge in [-0.15, -0.1) is 0 Å². The molecule has 2 rings (SSSR count). The minimum absolute atomic E-state index is 0.0400. The number of carboxylic acid groups (broad SMARTS) is 1. The number of hydrogen-bond donors (Lipinski definition) is 2. The van der Waals surface area contributed by atoms with Crippen molar-refractivity contribution in [2.24, 2.45) is 5.41 Å². The number of rotatable bonds is 5. The summed E-state index contributed by atoms with van der Waals surface area (Å²) in [6.45, 7) is 7.93. The average molecular weight is 356 g/mol. The monoisotopic (exact) mass is 355 g/mol. The lowest BCUT2D eigenvalue weighted by Gasteiger charge is -2.39. The summed E-state index contributed by atoms with van der Waals surface area (Å²) < 4.78 is 6.95. The Morgan fingerprint density at radius 2 is 2.10 bits per heavy atom. The molecule has 0 fully saturated rings. The Balaban J connectivity index is 1.98. The van der Waals surface area contributed by atoms with Gasteiger partial charge < -0.3 is 15.2 Å². The van der Waals surface area contributed by atoms with Gasteiger partial charge in [0.25, 0.3) is 0 Å². The van der Waals surface area contributed by atoms with Crippen molar-refractivity contribution < 1.29 is 14.6 Å². The van der Waals surface area contributed by atoms with Crippen molar-refractivity contribution in [2.45, 2.75) is 45.8 Å². The third-order valence-corrected chi connectivity index (χ3v) is 5.13. The SMILES string of the molecule is CC(C)(NCC1Cc2cc(Br)ccc2O1)C(C)(C)C(=O)O. The maximum absolute atomic E-state index is 11.4. The van der Waals surface area contributed by atoms with Gasteiger partial charge in [-0.3, -0.25) is 4.79 Å². The second-order valence-corrected chi connectivity index (χ2v) is 7.55. The number of benzene rings is 1. The Bertz CT molecular complexity index is 554. The predicted molar refractivity (Wildman–Crippen MR) is 85.8 cm³/mol. The van der Waals surface area contributed by atoms with Gasteiger partial charge >= 0.3 is 5.97 Å². The van der Waals surface area contributed by atoms with E-state index in [1.54, 1.807) is 13.8 Å². The summed E-state index contributed by atoms with van der Waals surface area (Å²) in [6, 6.07) is 6.00. The lowest BCUT2D eigenvalue weighted by Crippen LogP contribution is -2.56. The van der Waals surface area contributed by atoms with E-state index in [9.17, 15) is 9.90 Å². The van der Waals surface area contributed by atoms with Gasteiger partial charge in [-0.2, -0.15) is 0 Å². The number of fused-ring (bicyclic) bond motifs is 1. The van der Waals surface area contributed by atoms with E-state index in [-0.39, 0.29) is 6.10 Å². The minimum atomic E-state index is -0.860. The van der Waals surface area contributed by atoms with Crippen LogP contribution in [-0.2, 0) is 11.2 Å². The molecule has 0 aromatic heterocycles. The number of aliphatic carboxylic acids is 1. The Labute approximate surface area is 134 Å². The van der Waals surface area contributed by atoms with E-state index in [2.05, 4.69) is 27.3 Å². The summed E-state index contributed by atoms with van der Waals surface area (Å²) in [6.07, 6.45) is 0.879. The first-order valence-corrected chi connectivity index (χ1v) is 7.86. The van der Waals surface area contributed by atoms with Crippen molar-refractivity contribution in [3.8, 4) is 5.75 Å². The second-order valence-electron chi connectivity index (χ2n) is 6.63. The maximum Gasteiger partial charge on any atom is 0.310 e. The highest BCUT2D eigenvalue weighted by Gasteiger charge is 2.43. The van der Waals surface area contributed by atoms with Crippen molar-refractivity contribution in [1.29, 1.82) is 0 Å². The molecule has 21 heavy (non-hydrogen) atoms. The molecule has 0 radical (unpaired) electrons. The Morgan fingerprint density at radius 3 is 2.71 bits per heavy atom. The van der Waals surface area contributed by atoms with E-state index in [0.29, 0.717) is 6.54 Å². The van der Waals surface area contributed by atoms with E-state index in [1.807, 2.05) is 26.0 Å². The highest BCUT2D eigenvalue weighted by Crippen LogP contribution is 2.33. The first-order valence-electron chi connectivity index (χ1n) is 7.07. The van der Waals surface area contributed by atoms with Gasteiger partial charge in [0.05, 0.1) is 5.41 Å². The summed E-state index contributed by atoms with van der Waals surface area (Å²) in [5.41, 5.74) is -0.203. The molecule has 1 atom stereocenters. The number of halogens is 1. The van der Waals surface area contributed by atoms with Gasteiger partial charge in [0.15, 0.2) is 0 Å². The van der Waals surface area contributed by atoms with Crippen LogP contribution in [0.25, 0.3) is 0 Å². The van der Waals surface area contributed by atoms with Crippen LogP contribution in [0.2, 0.25) is 0 Å². The number of carbonyl (C=O) groups is 1. The zero-order valence-electron chi connectivity index (χ0n) is 12.9. The van der Waals surface area contributed by atoms with Crippen molar-refractivity contribution >= 4 is 21.9 Å². The Hall–Kier alpha value is -1.07. The van der Waals surface area contributed by atoms with Crippen LogP contribution < -0.4 is 10.1 Å². The van der Waals surface area contributed by atoms with Gasteiger partial charge in [-0.05, 0) is 51.5 Å². The van der Waals surface area contributed by atoms with E-state index >= 15 is 0 Å². The zero-order chi connectivity index (χ0) is 15.8. The van der Waals surface area contributed by atoms with Gasteiger partial charge in [0.1, 0.15) is 11.9 Å². The van der Waals surface area contributed by atoms with Crippen LogP contribution in [0.5, 0.6) is 5.75 Å². The lowest BCUT2D eigenvalue weighted by atomic mass is 9.74. The quantitative estimate of drug-likeness (QED) is 0.851. The molecule has 1 aliphatic heterocycles. The van der Waals surface area contributed by atoms with Gasteiger partial charge in [0, 0.05) is 23.0 Å². The van der Waals surface area contributed by atoms with E-state index in [1.165, 1.54) is 5.56 Å². The van der Waals surface area contributed by atoms with Crippen LogP contribution in [0.15, 0.2) is 22.7 Å². The van der Waals surface area contributed by atoms with E-state index in [4.69, 9.17) is 4.74 Å². The highest BCUT2D eigenvalue weighted by atomic mass is 79.9. The van der Waals surface area contributed by atoms with Crippen molar-refractivity contribution in [1.82, 2.24) is 5.32 Å². The normalized spacial score (nSPS) is 18.2. The first-order chi connectivity index (χ1) is 9.63. The number of hydrogen-bond acceptors (Lipinski definition) is 3. The topological polar surface area (TPSA) is 58.6 Å². The molecular weight excluding hydrogens is 334 g/mol. The molecule has 1 aromatic rings. The molecule has 2 N–H and O–H groups in total. The smallest absolute Gasteiger partial charge is 0.310 e. The summed E-state index contributed by atoms with van der Waals surface area (Å²) in [5.74, 6) is 0.111. The summed E-state index contributed by atoms with van der Waals surface area (Å²) in [4.78, 5) is 11.4. The number of carboxylic acids is 1. The molecule has 1 heterocycles. The van der Waals surface area contributed by atoms with Gasteiger partial charge in [-0.1, -0.05) is 15.9 Å². The number of ether oxygens (including phenoxy) is 1. The lowest BCUT2D eigenvalue weighted by molar-refractivity contribution is -0.151. The van der Waals surface area contributed by atoms with Crippen molar-refractivity contribution in [2.75, 3.05) is 6.54 Å².